The summed E-state index contributed by atoms with van der Waals surface area (Å²) < 4.78 is 0. The molecule has 8 nitrogen and oxygen atoms in total. The maximum absolute atomic E-state index is 12.2. The summed E-state index contributed by atoms with van der Waals surface area (Å²) in [6.07, 6.45) is 6.33. The zero-order chi connectivity index (χ0) is 22.5. The monoisotopic (exact) mass is 423 g/mol. The summed E-state index contributed by atoms with van der Waals surface area (Å²) in [7, 11) is 1.62. The third-order valence-corrected chi connectivity index (χ3v) is 5.22. The predicted octanol–water partition coefficient (Wildman–Crippen LogP) is 3.53. The highest BCUT2D eigenvalue weighted by molar-refractivity contribution is 6.06. The molecule has 1 aromatic carbocycles. The Labute approximate surface area is 185 Å². The first-order valence-electron chi connectivity index (χ1n) is 10.1. The molecule has 4 rings (SSSR count). The minimum absolute atomic E-state index is 0.105. The van der Waals surface area contributed by atoms with Gasteiger partial charge in [0.25, 0.3) is 5.91 Å². The summed E-state index contributed by atoms with van der Waals surface area (Å²) in [5.41, 5.74) is 4.37. The normalized spacial score (nSPS) is 11.5. The van der Waals surface area contributed by atoms with Crippen LogP contribution < -0.4 is 10.6 Å². The number of nitrogens with one attached hydrogen (secondary N) is 2. The zero-order valence-electron chi connectivity index (χ0n) is 17.7. The minimum atomic E-state index is -0.135. The first kappa shape index (κ1) is 20.9. The average molecular weight is 423 g/mol. The van der Waals surface area contributed by atoms with Crippen molar-refractivity contribution in [2.45, 2.75) is 12.8 Å². The second-order valence-corrected chi connectivity index (χ2v) is 7.33. The van der Waals surface area contributed by atoms with E-state index >= 15 is 0 Å². The van der Waals surface area contributed by atoms with Gasteiger partial charge >= 0.3 is 0 Å². The number of amides is 1. The molecule has 0 aliphatic carbocycles. The molecule has 0 radical (unpaired) electrons. The first-order chi connectivity index (χ1) is 15.6. The van der Waals surface area contributed by atoms with Crippen molar-refractivity contribution in [2.75, 3.05) is 18.9 Å². The highest BCUT2D eigenvalue weighted by Gasteiger charge is 2.15. The van der Waals surface area contributed by atoms with Gasteiger partial charge in [-0.2, -0.15) is 5.26 Å². The van der Waals surface area contributed by atoms with E-state index in [2.05, 4.69) is 43.6 Å². The van der Waals surface area contributed by atoms with E-state index in [4.69, 9.17) is 5.26 Å². The molecule has 0 unspecified atom stereocenters. The van der Waals surface area contributed by atoms with Crippen LogP contribution in [0.25, 0.3) is 22.2 Å². The molecule has 0 fully saturated rings. The van der Waals surface area contributed by atoms with Gasteiger partial charge in [-0.15, -0.1) is 0 Å². The molecule has 1 amide bonds. The number of aromatic nitrogens is 4. The number of hydrogen-bond acceptors (Lipinski definition) is 7. The number of carbonyl (C=O) groups excluding carboxylic acids is 1. The minimum Gasteiger partial charge on any atom is -0.369 e. The van der Waals surface area contributed by atoms with E-state index in [1.165, 1.54) is 12.5 Å². The molecule has 0 aliphatic rings. The van der Waals surface area contributed by atoms with E-state index in [-0.39, 0.29) is 11.8 Å². The van der Waals surface area contributed by atoms with E-state index in [0.717, 1.165) is 22.0 Å². The summed E-state index contributed by atoms with van der Waals surface area (Å²) in [6, 6.07) is 13.3. The number of para-hydroxylation sites is 1. The molecule has 0 aliphatic heterocycles. The van der Waals surface area contributed by atoms with Gasteiger partial charge in [0.05, 0.1) is 22.3 Å². The van der Waals surface area contributed by atoms with Gasteiger partial charge in [0, 0.05) is 55.1 Å². The van der Waals surface area contributed by atoms with E-state index in [9.17, 15) is 4.79 Å². The molecule has 1 atom stereocenters. The molecule has 158 valence electrons. The number of anilines is 1. The van der Waals surface area contributed by atoms with Gasteiger partial charge < -0.3 is 10.6 Å². The second-order valence-electron chi connectivity index (χ2n) is 7.33. The second kappa shape index (κ2) is 9.18. The fourth-order valence-electron chi connectivity index (χ4n) is 3.55. The molecule has 3 aromatic heterocycles. The molecule has 0 saturated carbocycles. The molecular weight excluding hydrogens is 402 g/mol. The van der Waals surface area contributed by atoms with Crippen LogP contribution in [-0.4, -0.2) is 39.4 Å². The SMILES string of the molecule is CNC(=O)c1ccnc2c([C@H](C)CNc3cc(-c4cncc(C#N)c4)ncn3)cccc12. The number of nitrogens with zero attached hydrogens (tertiary/aromatic N) is 5. The fraction of sp³-hybridized carbons (Fsp3) is 0.167. The Kier molecular flexibility index (Phi) is 5.99. The lowest BCUT2D eigenvalue weighted by atomic mass is 9.96. The van der Waals surface area contributed by atoms with E-state index < -0.39 is 0 Å². The van der Waals surface area contributed by atoms with Crippen LogP contribution in [0.4, 0.5) is 5.82 Å². The zero-order valence-corrected chi connectivity index (χ0v) is 17.7. The molecule has 0 saturated heterocycles. The third-order valence-electron chi connectivity index (χ3n) is 5.22. The highest BCUT2D eigenvalue weighted by Crippen LogP contribution is 2.27. The summed E-state index contributed by atoms with van der Waals surface area (Å²) in [6.45, 7) is 2.70. The molecule has 0 bridgehead atoms. The van der Waals surface area contributed by atoms with Gasteiger partial charge in [0.15, 0.2) is 0 Å². The van der Waals surface area contributed by atoms with Crippen LogP contribution in [-0.2, 0) is 0 Å². The Morgan fingerprint density at radius 3 is 2.84 bits per heavy atom. The summed E-state index contributed by atoms with van der Waals surface area (Å²) in [5, 5.41) is 15.9. The summed E-state index contributed by atoms with van der Waals surface area (Å²) in [4.78, 5) is 29.5. The van der Waals surface area contributed by atoms with E-state index in [0.29, 0.717) is 29.2 Å². The molecule has 4 aromatic rings. The van der Waals surface area contributed by atoms with Crippen LogP contribution in [0, 0.1) is 11.3 Å². The number of hydrogen-bond donors (Lipinski definition) is 2. The molecule has 2 N–H and O–H groups in total. The molecule has 8 heteroatoms. The number of benzene rings is 1. The van der Waals surface area contributed by atoms with Crippen molar-refractivity contribution < 1.29 is 4.79 Å². The standard InChI is InChI=1S/C24H21N7O/c1-15(18-4-3-5-19-20(24(32)26-2)6-7-28-23(18)19)11-29-22-9-21(30-14-31-22)17-8-16(10-25)12-27-13-17/h3-9,12-15H,11H2,1-2H3,(H,26,32)(H,29,30,31)/t15-/m1/s1. The molecule has 3 heterocycles. The van der Waals surface area contributed by atoms with Gasteiger partial charge in [-0.1, -0.05) is 25.1 Å². The number of nitriles is 1. The Bertz CT molecular complexity index is 1330. The van der Waals surface area contributed by atoms with Crippen LogP contribution in [0.2, 0.25) is 0 Å². The lowest BCUT2D eigenvalue weighted by Gasteiger charge is -2.16. The number of pyridine rings is 2. The Hall–Kier alpha value is -4.38. The fourth-order valence-corrected chi connectivity index (χ4v) is 3.55. The molecular formula is C24H21N7O. The Morgan fingerprint density at radius 2 is 2.03 bits per heavy atom. The van der Waals surface area contributed by atoms with Crippen molar-refractivity contribution >= 4 is 22.6 Å². The smallest absolute Gasteiger partial charge is 0.251 e. The van der Waals surface area contributed by atoms with Gasteiger partial charge in [0.2, 0.25) is 0 Å². The number of rotatable bonds is 6. The van der Waals surface area contributed by atoms with Gasteiger partial charge in [-0.05, 0) is 17.7 Å². The van der Waals surface area contributed by atoms with Crippen LogP contribution in [0.3, 0.4) is 0 Å². The van der Waals surface area contributed by atoms with Crippen molar-refractivity contribution in [1.82, 2.24) is 25.3 Å². The van der Waals surface area contributed by atoms with Crippen LogP contribution in [0.5, 0.6) is 0 Å². The molecule has 0 spiro atoms. The van der Waals surface area contributed by atoms with Crippen LogP contribution in [0.15, 0.2) is 61.3 Å². The number of carbonyl (C=O) groups is 1. The van der Waals surface area contributed by atoms with Crippen molar-refractivity contribution in [3.05, 3.63) is 78.0 Å². The predicted molar refractivity (Wildman–Crippen MR) is 122 cm³/mol. The lowest BCUT2D eigenvalue weighted by molar-refractivity contribution is 0.0964. The van der Waals surface area contributed by atoms with Crippen molar-refractivity contribution in [3.63, 3.8) is 0 Å². The first-order valence-corrected chi connectivity index (χ1v) is 10.1. The van der Waals surface area contributed by atoms with Crippen LogP contribution in [0.1, 0.15) is 34.3 Å². The number of fused-ring (bicyclic) bond motifs is 1. The Balaban J connectivity index is 1.56. The third kappa shape index (κ3) is 4.23. The van der Waals surface area contributed by atoms with Crippen molar-refractivity contribution in [3.8, 4) is 17.3 Å². The quantitative estimate of drug-likeness (QED) is 0.487. The topological polar surface area (TPSA) is 116 Å². The largest absolute Gasteiger partial charge is 0.369 e. The van der Waals surface area contributed by atoms with Gasteiger partial charge in [0.1, 0.15) is 18.2 Å². The maximum Gasteiger partial charge on any atom is 0.251 e. The van der Waals surface area contributed by atoms with E-state index in [1.54, 1.807) is 31.6 Å². The highest BCUT2D eigenvalue weighted by atomic mass is 16.1. The lowest BCUT2D eigenvalue weighted by Crippen LogP contribution is -2.18. The van der Waals surface area contributed by atoms with Crippen LogP contribution >= 0.6 is 0 Å². The Morgan fingerprint density at radius 1 is 1.16 bits per heavy atom. The summed E-state index contributed by atoms with van der Waals surface area (Å²) in [5.74, 6) is 0.639. The van der Waals surface area contributed by atoms with Gasteiger partial charge in [-0.3, -0.25) is 14.8 Å². The maximum atomic E-state index is 12.2. The molecule has 32 heavy (non-hydrogen) atoms. The van der Waals surface area contributed by atoms with Crippen molar-refractivity contribution in [1.29, 1.82) is 5.26 Å². The van der Waals surface area contributed by atoms with Gasteiger partial charge in [-0.25, -0.2) is 9.97 Å². The average Bonchev–Trinajstić information content (AvgIpc) is 2.86. The van der Waals surface area contributed by atoms with Crippen molar-refractivity contribution in [2.24, 2.45) is 0 Å². The summed E-state index contributed by atoms with van der Waals surface area (Å²) >= 11 is 0. The van der Waals surface area contributed by atoms with E-state index in [1.807, 2.05) is 24.3 Å².